The fourth-order valence-corrected chi connectivity index (χ4v) is 5.31. The van der Waals surface area contributed by atoms with Crippen molar-refractivity contribution in [1.82, 2.24) is 9.80 Å². The summed E-state index contributed by atoms with van der Waals surface area (Å²) in [5.41, 5.74) is 2.13. The van der Waals surface area contributed by atoms with E-state index in [9.17, 15) is 9.59 Å². The maximum Gasteiger partial charge on any atom is 0.242 e. The highest BCUT2D eigenvalue weighted by Gasteiger charge is 2.46. The summed E-state index contributed by atoms with van der Waals surface area (Å²) >= 11 is 1.61. The first kappa shape index (κ1) is 24.3. The highest BCUT2D eigenvalue weighted by molar-refractivity contribution is 7.09. The molecule has 1 aromatic heterocycles. The van der Waals surface area contributed by atoms with Crippen LogP contribution in [-0.2, 0) is 27.4 Å². The molecule has 8 heteroatoms. The number of nitrogens with zero attached hydrogens (tertiary/aromatic N) is 2. The molecule has 1 fully saturated rings. The predicted octanol–water partition coefficient (Wildman–Crippen LogP) is 4.28. The summed E-state index contributed by atoms with van der Waals surface area (Å²) in [5, 5.41) is 2.00. The molecule has 2 atom stereocenters. The molecule has 0 unspecified atom stereocenters. The molecular weight excluding hydrogens is 476 g/mol. The van der Waals surface area contributed by atoms with Gasteiger partial charge in [0.05, 0.1) is 19.7 Å². The summed E-state index contributed by atoms with van der Waals surface area (Å²) in [7, 11) is 1.61. The number of benzene rings is 2. The van der Waals surface area contributed by atoms with E-state index in [2.05, 4.69) is 12.1 Å². The molecule has 0 saturated heterocycles. The second-order valence-electron chi connectivity index (χ2n) is 9.13. The molecule has 3 aromatic rings. The van der Waals surface area contributed by atoms with Crippen molar-refractivity contribution in [2.24, 2.45) is 5.92 Å². The van der Waals surface area contributed by atoms with Crippen molar-refractivity contribution in [1.29, 1.82) is 0 Å². The number of carbonyl (C=O) groups is 2. The van der Waals surface area contributed by atoms with Crippen molar-refractivity contribution in [3.8, 4) is 11.5 Å². The van der Waals surface area contributed by atoms with E-state index in [4.69, 9.17) is 14.2 Å². The van der Waals surface area contributed by atoms with Crippen LogP contribution in [0.15, 0.2) is 66.0 Å². The highest BCUT2D eigenvalue weighted by atomic mass is 32.1. The Morgan fingerprint density at radius 1 is 1.00 bits per heavy atom. The van der Waals surface area contributed by atoms with Gasteiger partial charge in [0.15, 0.2) is 11.5 Å². The van der Waals surface area contributed by atoms with Gasteiger partial charge in [-0.05, 0) is 47.0 Å². The van der Waals surface area contributed by atoms with E-state index in [1.165, 1.54) is 5.56 Å². The molecule has 0 bridgehead atoms. The number of rotatable bonds is 11. The van der Waals surface area contributed by atoms with E-state index in [1.807, 2.05) is 53.9 Å². The maximum atomic E-state index is 13.6. The number of carbonyl (C=O) groups excluding carboxylic acids is 2. The number of ether oxygens (including phenoxy) is 3. The Bertz CT molecular complexity index is 1180. The molecule has 5 rings (SSSR count). The van der Waals surface area contributed by atoms with Gasteiger partial charge in [0.25, 0.3) is 0 Å². The van der Waals surface area contributed by atoms with Gasteiger partial charge in [-0.1, -0.05) is 42.5 Å². The van der Waals surface area contributed by atoms with Crippen LogP contribution in [0.2, 0.25) is 0 Å². The van der Waals surface area contributed by atoms with Gasteiger partial charge in [-0.15, -0.1) is 11.3 Å². The minimum absolute atomic E-state index is 0.0217. The lowest BCUT2D eigenvalue weighted by Crippen LogP contribution is -2.44. The average molecular weight is 507 g/mol. The van der Waals surface area contributed by atoms with Crippen LogP contribution < -0.4 is 9.47 Å². The van der Waals surface area contributed by atoms with Gasteiger partial charge >= 0.3 is 0 Å². The van der Waals surface area contributed by atoms with Crippen LogP contribution in [-0.4, -0.2) is 55.2 Å². The molecule has 2 amide bonds. The molecule has 1 saturated carbocycles. The quantitative estimate of drug-likeness (QED) is 0.388. The van der Waals surface area contributed by atoms with Crippen LogP contribution >= 0.6 is 11.3 Å². The molecule has 188 valence electrons. The third-order valence-corrected chi connectivity index (χ3v) is 7.49. The molecule has 0 N–H and O–H groups in total. The van der Waals surface area contributed by atoms with E-state index < -0.39 is 0 Å². The van der Waals surface area contributed by atoms with Gasteiger partial charge in [0.2, 0.25) is 18.6 Å². The lowest BCUT2D eigenvalue weighted by molar-refractivity contribution is -0.142. The van der Waals surface area contributed by atoms with Crippen LogP contribution in [0.5, 0.6) is 11.5 Å². The van der Waals surface area contributed by atoms with Crippen LogP contribution in [0.3, 0.4) is 0 Å². The van der Waals surface area contributed by atoms with Gasteiger partial charge in [-0.3, -0.25) is 9.59 Å². The highest BCUT2D eigenvalue weighted by Crippen LogP contribution is 2.48. The first-order valence-corrected chi connectivity index (χ1v) is 13.0. The monoisotopic (exact) mass is 506 g/mol. The lowest BCUT2D eigenvalue weighted by atomic mass is 10.1. The minimum Gasteiger partial charge on any atom is -0.454 e. The number of fused-ring (bicyclic) bond motifs is 1. The van der Waals surface area contributed by atoms with Gasteiger partial charge in [0.1, 0.15) is 0 Å². The molecule has 1 aliphatic heterocycles. The molecule has 0 spiro atoms. The van der Waals surface area contributed by atoms with Gasteiger partial charge < -0.3 is 24.0 Å². The van der Waals surface area contributed by atoms with E-state index in [1.54, 1.807) is 28.2 Å². The zero-order valence-corrected chi connectivity index (χ0v) is 21.1. The van der Waals surface area contributed by atoms with Crippen LogP contribution in [0.25, 0.3) is 0 Å². The number of amides is 2. The Morgan fingerprint density at radius 3 is 2.61 bits per heavy atom. The SMILES string of the molecule is COCCN(CC(=O)N(Cc1ccc2c(c1)OCO2)Cc1cccs1)C(=O)[C@H]1C[C@H]1c1ccccc1. The largest absolute Gasteiger partial charge is 0.454 e. The molecule has 2 aromatic carbocycles. The average Bonchev–Trinajstić information content (AvgIpc) is 3.27. The number of hydrogen-bond donors (Lipinski definition) is 0. The molecule has 36 heavy (non-hydrogen) atoms. The summed E-state index contributed by atoms with van der Waals surface area (Å²) in [4.78, 5) is 31.6. The lowest BCUT2D eigenvalue weighted by Gasteiger charge is -2.28. The van der Waals surface area contributed by atoms with E-state index in [-0.39, 0.29) is 37.0 Å². The Kier molecular flexibility index (Phi) is 7.53. The van der Waals surface area contributed by atoms with Crippen LogP contribution in [0, 0.1) is 5.92 Å². The fraction of sp³-hybridized carbons (Fsp3) is 0.357. The van der Waals surface area contributed by atoms with Gasteiger partial charge in [0, 0.05) is 31.0 Å². The van der Waals surface area contributed by atoms with Gasteiger partial charge in [-0.25, -0.2) is 0 Å². The number of thiophene rings is 1. The molecule has 7 nitrogen and oxygen atoms in total. The Labute approximate surface area is 215 Å². The van der Waals surface area contributed by atoms with E-state index >= 15 is 0 Å². The summed E-state index contributed by atoms with van der Waals surface area (Å²) in [5.74, 6) is 1.46. The Balaban J connectivity index is 1.30. The van der Waals surface area contributed by atoms with Crippen molar-refractivity contribution in [2.45, 2.75) is 25.4 Å². The second kappa shape index (κ2) is 11.1. The third kappa shape index (κ3) is 5.71. The number of methoxy groups -OCH3 is 1. The molecular formula is C28H30N2O5S. The smallest absolute Gasteiger partial charge is 0.242 e. The van der Waals surface area contributed by atoms with Crippen molar-refractivity contribution in [3.63, 3.8) is 0 Å². The molecule has 1 aliphatic carbocycles. The normalized spacial score (nSPS) is 17.6. The minimum atomic E-state index is -0.0950. The summed E-state index contributed by atoms with van der Waals surface area (Å²) in [6.45, 7) is 1.89. The van der Waals surface area contributed by atoms with E-state index in [0.29, 0.717) is 37.7 Å². The fourth-order valence-electron chi connectivity index (χ4n) is 4.59. The predicted molar refractivity (Wildman–Crippen MR) is 137 cm³/mol. The Hall–Kier alpha value is -3.36. The second-order valence-corrected chi connectivity index (χ2v) is 10.2. The van der Waals surface area contributed by atoms with Crippen molar-refractivity contribution in [3.05, 3.63) is 82.0 Å². The molecule has 2 heterocycles. The molecule has 2 aliphatic rings. The van der Waals surface area contributed by atoms with Crippen LogP contribution in [0.1, 0.15) is 28.3 Å². The number of hydrogen-bond acceptors (Lipinski definition) is 6. The van der Waals surface area contributed by atoms with Crippen molar-refractivity contribution < 1.29 is 23.8 Å². The molecule has 0 radical (unpaired) electrons. The van der Waals surface area contributed by atoms with Crippen molar-refractivity contribution in [2.75, 3.05) is 33.6 Å². The first-order chi connectivity index (χ1) is 17.6. The maximum absolute atomic E-state index is 13.6. The van der Waals surface area contributed by atoms with Gasteiger partial charge in [-0.2, -0.15) is 0 Å². The Morgan fingerprint density at radius 2 is 1.83 bits per heavy atom. The zero-order valence-electron chi connectivity index (χ0n) is 20.3. The summed E-state index contributed by atoms with van der Waals surface area (Å²) < 4.78 is 16.2. The zero-order chi connectivity index (χ0) is 24.9. The third-order valence-electron chi connectivity index (χ3n) is 6.63. The standard InChI is InChI=1S/C28H30N2O5S/c1-33-12-11-29(28(32)24-15-23(24)21-6-3-2-4-7-21)18-27(31)30(17-22-8-5-13-36-22)16-20-9-10-25-26(14-20)35-19-34-25/h2-10,13-14,23-24H,11-12,15-19H2,1H3/t23-,24-/m0/s1. The summed E-state index contributed by atoms with van der Waals surface area (Å²) in [6.07, 6.45) is 0.816. The first-order valence-electron chi connectivity index (χ1n) is 12.1. The van der Waals surface area contributed by atoms with Crippen molar-refractivity contribution >= 4 is 23.2 Å². The summed E-state index contributed by atoms with van der Waals surface area (Å²) in [6, 6.07) is 19.9. The van der Waals surface area contributed by atoms with E-state index in [0.717, 1.165) is 16.9 Å². The topological polar surface area (TPSA) is 68.3 Å². The van der Waals surface area contributed by atoms with Crippen LogP contribution in [0.4, 0.5) is 0 Å².